The lowest BCUT2D eigenvalue weighted by Gasteiger charge is -2.28. The zero-order valence-corrected chi connectivity index (χ0v) is 13.7. The Hall–Kier alpha value is -1.78. The lowest BCUT2D eigenvalue weighted by molar-refractivity contribution is -0.134. The van der Waals surface area contributed by atoms with E-state index in [9.17, 15) is 19.8 Å². The van der Waals surface area contributed by atoms with Crippen LogP contribution >= 0.6 is 0 Å². The van der Waals surface area contributed by atoms with Crippen molar-refractivity contribution in [3.8, 4) is 0 Å². The molecule has 0 bridgehead atoms. The van der Waals surface area contributed by atoms with Crippen LogP contribution in [0.25, 0.3) is 0 Å². The SMILES string of the molecule is CCCCCCCCC1C(C(=O)O)=C(C)NC(C)=C1C(=O)O. The predicted molar refractivity (Wildman–Crippen MR) is 85.3 cm³/mol. The summed E-state index contributed by atoms with van der Waals surface area (Å²) in [7, 11) is 0. The standard InChI is InChI=1S/C17H27NO4/c1-4-5-6-7-8-9-10-13-14(16(19)20)11(2)18-12(3)15(13)17(21)22/h13,18H,4-10H2,1-3H3,(H,19,20)(H,21,22). The fraction of sp³-hybridized carbons (Fsp3) is 0.647. The third-order valence-corrected chi connectivity index (χ3v) is 4.19. The number of allylic oxidation sites excluding steroid dienone is 2. The van der Waals surface area contributed by atoms with E-state index in [1.807, 2.05) is 0 Å². The molecule has 0 unspecified atom stereocenters. The average molecular weight is 309 g/mol. The van der Waals surface area contributed by atoms with E-state index in [2.05, 4.69) is 12.2 Å². The van der Waals surface area contributed by atoms with Gasteiger partial charge >= 0.3 is 11.9 Å². The monoisotopic (exact) mass is 309 g/mol. The molecule has 1 heterocycles. The van der Waals surface area contributed by atoms with Gasteiger partial charge in [0.2, 0.25) is 0 Å². The van der Waals surface area contributed by atoms with Gasteiger partial charge in [0.1, 0.15) is 0 Å². The van der Waals surface area contributed by atoms with Gasteiger partial charge in [-0.1, -0.05) is 45.4 Å². The van der Waals surface area contributed by atoms with Crippen LogP contribution in [-0.4, -0.2) is 22.2 Å². The molecule has 0 aromatic heterocycles. The summed E-state index contributed by atoms with van der Waals surface area (Å²) in [6.45, 7) is 5.55. The molecule has 0 amide bonds. The Morgan fingerprint density at radius 3 is 1.82 bits per heavy atom. The summed E-state index contributed by atoms with van der Waals surface area (Å²) in [5.41, 5.74) is 1.48. The van der Waals surface area contributed by atoms with Gasteiger partial charge in [-0.15, -0.1) is 0 Å². The number of nitrogens with one attached hydrogen (secondary N) is 1. The third kappa shape index (κ3) is 4.61. The number of carbonyl (C=O) groups is 2. The van der Waals surface area contributed by atoms with Crippen molar-refractivity contribution >= 4 is 11.9 Å². The van der Waals surface area contributed by atoms with Crippen LogP contribution in [0, 0.1) is 5.92 Å². The highest BCUT2D eigenvalue weighted by Crippen LogP contribution is 2.34. The van der Waals surface area contributed by atoms with Crippen molar-refractivity contribution in [2.24, 2.45) is 5.92 Å². The zero-order chi connectivity index (χ0) is 16.7. The Labute approximate surface area is 132 Å². The maximum absolute atomic E-state index is 11.5. The van der Waals surface area contributed by atoms with E-state index in [4.69, 9.17) is 0 Å². The Morgan fingerprint density at radius 1 is 0.909 bits per heavy atom. The van der Waals surface area contributed by atoms with Gasteiger partial charge in [-0.3, -0.25) is 0 Å². The van der Waals surface area contributed by atoms with Crippen LogP contribution in [0.15, 0.2) is 22.5 Å². The van der Waals surface area contributed by atoms with Crippen molar-refractivity contribution in [1.82, 2.24) is 5.32 Å². The summed E-state index contributed by atoms with van der Waals surface area (Å²) in [5.74, 6) is -2.60. The number of unbranched alkanes of at least 4 members (excludes halogenated alkanes) is 5. The lowest BCUT2D eigenvalue weighted by atomic mass is 9.82. The molecule has 5 nitrogen and oxygen atoms in total. The summed E-state index contributed by atoms with van der Waals surface area (Å²) >= 11 is 0. The highest BCUT2D eigenvalue weighted by molar-refractivity contribution is 5.96. The second kappa shape index (κ2) is 8.61. The molecule has 0 aromatic rings. The summed E-state index contributed by atoms with van der Waals surface area (Å²) in [6, 6.07) is 0. The number of hydrogen-bond acceptors (Lipinski definition) is 3. The number of carboxylic acids is 2. The molecule has 1 rings (SSSR count). The first-order valence-electron chi connectivity index (χ1n) is 8.05. The number of dihydropyridines is 1. The molecule has 0 fully saturated rings. The van der Waals surface area contributed by atoms with E-state index in [0.29, 0.717) is 17.8 Å². The maximum Gasteiger partial charge on any atom is 0.333 e. The number of rotatable bonds is 9. The van der Waals surface area contributed by atoms with Crippen LogP contribution in [-0.2, 0) is 9.59 Å². The van der Waals surface area contributed by atoms with E-state index in [1.54, 1.807) is 13.8 Å². The number of hydrogen-bond donors (Lipinski definition) is 3. The fourth-order valence-corrected chi connectivity index (χ4v) is 3.12. The molecular weight excluding hydrogens is 282 g/mol. The van der Waals surface area contributed by atoms with E-state index in [-0.39, 0.29) is 11.1 Å². The van der Waals surface area contributed by atoms with E-state index in [1.165, 1.54) is 19.3 Å². The molecule has 124 valence electrons. The van der Waals surface area contributed by atoms with Gasteiger partial charge < -0.3 is 15.5 Å². The molecule has 3 N–H and O–H groups in total. The summed E-state index contributed by atoms with van der Waals surface area (Å²) < 4.78 is 0. The minimum atomic E-state index is -1.03. The van der Waals surface area contributed by atoms with Gasteiger partial charge in [-0.2, -0.15) is 0 Å². The van der Waals surface area contributed by atoms with Crippen molar-refractivity contribution in [3.63, 3.8) is 0 Å². The van der Waals surface area contributed by atoms with Gasteiger partial charge in [0.05, 0.1) is 11.1 Å². The minimum absolute atomic E-state index is 0.191. The first-order valence-corrected chi connectivity index (χ1v) is 8.05. The van der Waals surface area contributed by atoms with Crippen LogP contribution in [0.3, 0.4) is 0 Å². The highest BCUT2D eigenvalue weighted by Gasteiger charge is 2.34. The molecule has 0 saturated heterocycles. The Balaban J connectivity index is 2.80. The smallest absolute Gasteiger partial charge is 0.333 e. The van der Waals surface area contributed by atoms with Gasteiger partial charge in [-0.25, -0.2) is 9.59 Å². The molecule has 0 saturated carbocycles. The van der Waals surface area contributed by atoms with Gasteiger partial charge in [-0.05, 0) is 20.3 Å². The molecular formula is C17H27NO4. The maximum atomic E-state index is 11.5. The molecule has 0 radical (unpaired) electrons. The molecule has 0 spiro atoms. The topological polar surface area (TPSA) is 86.6 Å². The molecule has 1 aliphatic heterocycles. The molecule has 0 aliphatic carbocycles. The fourth-order valence-electron chi connectivity index (χ4n) is 3.12. The first-order chi connectivity index (χ1) is 10.4. The van der Waals surface area contributed by atoms with Crippen LogP contribution in [0.2, 0.25) is 0 Å². The van der Waals surface area contributed by atoms with Crippen molar-refractivity contribution in [3.05, 3.63) is 22.5 Å². The summed E-state index contributed by atoms with van der Waals surface area (Å²) in [4.78, 5) is 23.0. The first kappa shape index (κ1) is 18.3. The number of aliphatic carboxylic acids is 2. The molecule has 22 heavy (non-hydrogen) atoms. The average Bonchev–Trinajstić information content (AvgIpc) is 2.41. The van der Waals surface area contributed by atoms with Gasteiger partial charge in [0, 0.05) is 17.3 Å². The van der Waals surface area contributed by atoms with Crippen LogP contribution in [0.4, 0.5) is 0 Å². The Kier molecular flexibility index (Phi) is 7.15. The second-order valence-electron chi connectivity index (χ2n) is 5.92. The number of carboxylic acid groups (broad SMARTS) is 2. The highest BCUT2D eigenvalue weighted by atomic mass is 16.4. The quantitative estimate of drug-likeness (QED) is 0.566. The van der Waals surface area contributed by atoms with E-state index < -0.39 is 17.9 Å². The Morgan fingerprint density at radius 2 is 1.36 bits per heavy atom. The van der Waals surface area contributed by atoms with E-state index >= 15 is 0 Å². The predicted octanol–water partition coefficient (Wildman–Crippen LogP) is 3.67. The molecule has 0 atom stereocenters. The second-order valence-corrected chi connectivity index (χ2v) is 5.92. The summed E-state index contributed by atoms with van der Waals surface area (Å²) in [6.07, 6.45) is 7.14. The molecule has 1 aliphatic rings. The Bertz CT molecular complexity index is 455. The van der Waals surface area contributed by atoms with Crippen LogP contribution in [0.5, 0.6) is 0 Å². The van der Waals surface area contributed by atoms with E-state index in [0.717, 1.165) is 19.3 Å². The van der Waals surface area contributed by atoms with Crippen molar-refractivity contribution in [2.75, 3.05) is 0 Å². The summed E-state index contributed by atoms with van der Waals surface area (Å²) in [5, 5.41) is 21.7. The van der Waals surface area contributed by atoms with Crippen molar-refractivity contribution in [2.45, 2.75) is 65.7 Å². The minimum Gasteiger partial charge on any atom is -0.478 e. The lowest BCUT2D eigenvalue weighted by Crippen LogP contribution is -2.32. The normalized spacial score (nSPS) is 16.0. The van der Waals surface area contributed by atoms with Gasteiger partial charge in [0.15, 0.2) is 0 Å². The largest absolute Gasteiger partial charge is 0.478 e. The molecule has 0 aromatic carbocycles. The van der Waals surface area contributed by atoms with Crippen molar-refractivity contribution < 1.29 is 19.8 Å². The molecule has 5 heteroatoms. The van der Waals surface area contributed by atoms with Gasteiger partial charge in [0.25, 0.3) is 0 Å². The van der Waals surface area contributed by atoms with Crippen LogP contribution in [0.1, 0.15) is 65.7 Å². The van der Waals surface area contributed by atoms with Crippen molar-refractivity contribution in [1.29, 1.82) is 0 Å². The van der Waals surface area contributed by atoms with Crippen LogP contribution < -0.4 is 5.32 Å². The zero-order valence-electron chi connectivity index (χ0n) is 13.7. The third-order valence-electron chi connectivity index (χ3n) is 4.19.